The molecule has 3 rings (SSSR count). The van der Waals surface area contributed by atoms with E-state index in [1.54, 1.807) is 0 Å². The van der Waals surface area contributed by atoms with Gasteiger partial charge in [0.1, 0.15) is 5.01 Å². The number of amides is 1. The first-order valence-corrected chi connectivity index (χ1v) is 8.39. The van der Waals surface area contributed by atoms with Gasteiger partial charge in [0.25, 0.3) is 5.91 Å². The van der Waals surface area contributed by atoms with Gasteiger partial charge in [-0.2, -0.15) is 0 Å². The molecule has 5 nitrogen and oxygen atoms in total. The number of hydrogen-bond acceptors (Lipinski definition) is 5. The van der Waals surface area contributed by atoms with Crippen molar-refractivity contribution < 1.29 is 27.5 Å². The summed E-state index contributed by atoms with van der Waals surface area (Å²) in [6, 6.07) is 8.98. The Morgan fingerprint density at radius 2 is 1.89 bits per heavy atom. The van der Waals surface area contributed by atoms with Gasteiger partial charge in [-0.15, -0.1) is 11.3 Å². The van der Waals surface area contributed by atoms with Gasteiger partial charge in [-0.1, -0.05) is 12.1 Å². The van der Waals surface area contributed by atoms with Gasteiger partial charge < -0.3 is 10.1 Å². The van der Waals surface area contributed by atoms with Crippen molar-refractivity contribution in [3.8, 4) is 0 Å². The minimum atomic E-state index is -1.71. The van der Waals surface area contributed by atoms with Gasteiger partial charge in [0.05, 0.1) is 15.9 Å². The van der Waals surface area contributed by atoms with Crippen molar-refractivity contribution in [3.05, 3.63) is 64.9 Å². The molecule has 27 heavy (non-hydrogen) atoms. The van der Waals surface area contributed by atoms with Crippen LogP contribution >= 0.6 is 11.3 Å². The molecule has 0 fully saturated rings. The van der Waals surface area contributed by atoms with Crippen LogP contribution < -0.4 is 5.32 Å². The maximum atomic E-state index is 13.5. The largest absolute Gasteiger partial charge is 0.452 e. The first kappa shape index (κ1) is 18.6. The Balaban J connectivity index is 1.54. The van der Waals surface area contributed by atoms with Crippen LogP contribution in [0.2, 0.25) is 0 Å². The van der Waals surface area contributed by atoms with Gasteiger partial charge >= 0.3 is 5.97 Å². The molecular weight excluding hydrogens is 381 g/mol. The van der Waals surface area contributed by atoms with Gasteiger partial charge in [-0.25, -0.2) is 22.9 Å². The van der Waals surface area contributed by atoms with Crippen molar-refractivity contribution in [3.63, 3.8) is 0 Å². The Morgan fingerprint density at radius 3 is 2.67 bits per heavy atom. The number of nitrogens with zero attached hydrogens (tertiary/aromatic N) is 1. The van der Waals surface area contributed by atoms with Crippen molar-refractivity contribution in [2.45, 2.75) is 0 Å². The number of carbonyl (C=O) groups is 2. The summed E-state index contributed by atoms with van der Waals surface area (Å²) in [7, 11) is 0. The minimum absolute atomic E-state index is 0.556. The van der Waals surface area contributed by atoms with Crippen LogP contribution in [0.1, 0.15) is 5.01 Å². The normalized spacial score (nSPS) is 11.1. The van der Waals surface area contributed by atoms with Crippen LogP contribution in [-0.4, -0.2) is 23.5 Å². The SMILES string of the molecule is O=C(COC(=O)/C=C/c1nc2ccccc2s1)Nc1ccc(F)c(F)c1F. The van der Waals surface area contributed by atoms with E-state index in [4.69, 9.17) is 4.74 Å². The van der Waals surface area contributed by atoms with Gasteiger partial charge in [-0.05, 0) is 30.3 Å². The maximum absolute atomic E-state index is 13.5. The summed E-state index contributed by atoms with van der Waals surface area (Å²) in [6.07, 6.45) is 2.54. The zero-order chi connectivity index (χ0) is 19.4. The molecule has 0 aliphatic carbocycles. The fourth-order valence-electron chi connectivity index (χ4n) is 2.09. The molecule has 0 saturated carbocycles. The number of halogens is 3. The summed E-state index contributed by atoms with van der Waals surface area (Å²) in [4.78, 5) is 27.6. The van der Waals surface area contributed by atoms with Crippen molar-refractivity contribution in [2.75, 3.05) is 11.9 Å². The third-order valence-electron chi connectivity index (χ3n) is 3.33. The number of carbonyl (C=O) groups excluding carboxylic acids is 2. The molecule has 0 saturated heterocycles. The smallest absolute Gasteiger partial charge is 0.331 e. The van der Waals surface area contributed by atoms with E-state index in [0.717, 1.165) is 22.4 Å². The lowest BCUT2D eigenvalue weighted by Crippen LogP contribution is -2.21. The third-order valence-corrected chi connectivity index (χ3v) is 4.33. The second kappa shape index (κ2) is 8.00. The van der Waals surface area contributed by atoms with E-state index in [2.05, 4.69) is 4.98 Å². The summed E-state index contributed by atoms with van der Waals surface area (Å²) in [5.41, 5.74) is 0.239. The highest BCUT2D eigenvalue weighted by Gasteiger charge is 2.15. The van der Waals surface area contributed by atoms with Crippen LogP contribution in [0.3, 0.4) is 0 Å². The summed E-state index contributed by atoms with van der Waals surface area (Å²) < 4.78 is 45.1. The molecule has 3 aromatic rings. The van der Waals surface area contributed by atoms with Crippen molar-refractivity contribution >= 4 is 45.2 Å². The van der Waals surface area contributed by atoms with E-state index in [0.29, 0.717) is 11.1 Å². The highest BCUT2D eigenvalue weighted by molar-refractivity contribution is 7.19. The molecule has 0 bridgehead atoms. The highest BCUT2D eigenvalue weighted by Crippen LogP contribution is 2.22. The van der Waals surface area contributed by atoms with Crippen LogP contribution in [0.4, 0.5) is 18.9 Å². The average Bonchev–Trinajstić information content (AvgIpc) is 3.08. The summed E-state index contributed by atoms with van der Waals surface area (Å²) in [6.45, 7) is -0.721. The van der Waals surface area contributed by atoms with Crippen molar-refractivity contribution in [2.24, 2.45) is 0 Å². The number of benzene rings is 2. The number of para-hydroxylation sites is 1. The standard InChI is InChI=1S/C18H11F3N2O3S/c19-10-5-6-12(18(21)17(10)20)22-14(24)9-26-16(25)8-7-15-23-11-3-1-2-4-13(11)27-15/h1-8H,9H2,(H,22,24)/b8-7+. The topological polar surface area (TPSA) is 68.3 Å². The molecule has 0 aliphatic rings. The molecule has 2 aromatic carbocycles. The van der Waals surface area contributed by atoms with Crippen LogP contribution in [0.15, 0.2) is 42.5 Å². The molecule has 0 aliphatic heterocycles. The first-order chi connectivity index (χ1) is 12.9. The number of esters is 1. The van der Waals surface area contributed by atoms with E-state index in [1.165, 1.54) is 17.4 Å². The fourth-order valence-corrected chi connectivity index (χ4v) is 2.96. The third kappa shape index (κ3) is 4.50. The van der Waals surface area contributed by atoms with Gasteiger partial charge in [0.2, 0.25) is 0 Å². The molecule has 0 radical (unpaired) electrons. The molecule has 138 valence electrons. The molecular formula is C18H11F3N2O3S. The second-order valence-corrected chi connectivity index (χ2v) is 6.29. The molecule has 9 heteroatoms. The number of thiazole rings is 1. The number of ether oxygens (including phenoxy) is 1. The Morgan fingerprint density at radius 1 is 1.11 bits per heavy atom. The number of fused-ring (bicyclic) bond motifs is 1. The Kier molecular flexibility index (Phi) is 5.51. The first-order valence-electron chi connectivity index (χ1n) is 7.58. The molecule has 1 amide bonds. The van der Waals surface area contributed by atoms with Crippen LogP contribution in [0.5, 0.6) is 0 Å². The molecule has 0 spiro atoms. The maximum Gasteiger partial charge on any atom is 0.331 e. The van der Waals surface area contributed by atoms with Crippen molar-refractivity contribution in [1.82, 2.24) is 4.98 Å². The van der Waals surface area contributed by atoms with Gasteiger partial charge in [-0.3, -0.25) is 4.79 Å². The summed E-state index contributed by atoms with van der Waals surface area (Å²) >= 11 is 1.38. The molecule has 0 atom stereocenters. The molecule has 1 N–H and O–H groups in total. The highest BCUT2D eigenvalue weighted by atomic mass is 32.1. The van der Waals surface area contributed by atoms with E-state index in [9.17, 15) is 22.8 Å². The zero-order valence-electron chi connectivity index (χ0n) is 13.5. The lowest BCUT2D eigenvalue weighted by atomic mass is 10.3. The van der Waals surface area contributed by atoms with E-state index >= 15 is 0 Å². The quantitative estimate of drug-likeness (QED) is 0.406. The number of hydrogen-bond donors (Lipinski definition) is 1. The predicted molar refractivity (Wildman–Crippen MR) is 94.6 cm³/mol. The van der Waals surface area contributed by atoms with E-state index < -0.39 is 41.6 Å². The fraction of sp³-hybridized carbons (Fsp3) is 0.0556. The minimum Gasteiger partial charge on any atom is -0.452 e. The number of rotatable bonds is 5. The Labute approximate surface area is 155 Å². The van der Waals surface area contributed by atoms with E-state index in [1.807, 2.05) is 29.6 Å². The zero-order valence-corrected chi connectivity index (χ0v) is 14.4. The van der Waals surface area contributed by atoms with Crippen LogP contribution in [0, 0.1) is 17.5 Å². The molecule has 1 aromatic heterocycles. The summed E-state index contributed by atoms with van der Waals surface area (Å²) in [5.74, 6) is -6.33. The molecule has 0 unspecified atom stereocenters. The number of nitrogens with one attached hydrogen (secondary N) is 1. The Bertz CT molecular complexity index is 1020. The number of aromatic nitrogens is 1. The lowest BCUT2D eigenvalue weighted by Gasteiger charge is -2.07. The van der Waals surface area contributed by atoms with Gasteiger partial charge in [0.15, 0.2) is 24.1 Å². The predicted octanol–water partition coefficient (Wildman–Crippen LogP) is 3.91. The molecule has 1 heterocycles. The number of anilines is 1. The lowest BCUT2D eigenvalue weighted by molar-refractivity contribution is -0.142. The monoisotopic (exact) mass is 392 g/mol. The van der Waals surface area contributed by atoms with Crippen LogP contribution in [-0.2, 0) is 14.3 Å². The Hall–Kier alpha value is -3.20. The van der Waals surface area contributed by atoms with E-state index in [-0.39, 0.29) is 0 Å². The second-order valence-electron chi connectivity index (χ2n) is 5.23. The van der Waals surface area contributed by atoms with Crippen LogP contribution in [0.25, 0.3) is 16.3 Å². The average molecular weight is 392 g/mol. The summed E-state index contributed by atoms with van der Waals surface area (Å²) in [5, 5.41) is 2.58. The van der Waals surface area contributed by atoms with Gasteiger partial charge in [0, 0.05) is 6.08 Å². The van der Waals surface area contributed by atoms with Crippen molar-refractivity contribution in [1.29, 1.82) is 0 Å².